The van der Waals surface area contributed by atoms with Crippen LogP contribution in [0.3, 0.4) is 0 Å². The van der Waals surface area contributed by atoms with E-state index in [2.05, 4.69) is 23.9 Å². The highest BCUT2D eigenvalue weighted by atomic mass is 16.2. The lowest BCUT2D eigenvalue weighted by Crippen LogP contribution is -2.20. The van der Waals surface area contributed by atoms with Crippen LogP contribution in [0.5, 0.6) is 0 Å². The van der Waals surface area contributed by atoms with Gasteiger partial charge in [-0.05, 0) is 18.9 Å². The zero-order valence-corrected chi connectivity index (χ0v) is 13.3. The van der Waals surface area contributed by atoms with Crippen molar-refractivity contribution in [1.82, 2.24) is 14.8 Å². The van der Waals surface area contributed by atoms with Crippen molar-refractivity contribution in [3.63, 3.8) is 0 Å². The van der Waals surface area contributed by atoms with Crippen LogP contribution < -0.4 is 5.73 Å². The van der Waals surface area contributed by atoms with Gasteiger partial charge in [0.15, 0.2) is 0 Å². The first-order chi connectivity index (χ1) is 10.7. The highest BCUT2D eigenvalue weighted by Crippen LogP contribution is 2.32. The SMILES string of the molecule is CCCCCC(CC)c1nn(C(N)=O)cc1-c1cccnc1. The first-order valence-corrected chi connectivity index (χ1v) is 7.97. The molecule has 118 valence electrons. The number of amides is 1. The van der Waals surface area contributed by atoms with Crippen LogP contribution in [0.25, 0.3) is 11.1 Å². The Morgan fingerprint density at radius 2 is 2.18 bits per heavy atom. The molecule has 0 fully saturated rings. The Labute approximate surface area is 131 Å². The van der Waals surface area contributed by atoms with Crippen molar-refractivity contribution in [1.29, 1.82) is 0 Å². The van der Waals surface area contributed by atoms with Crippen LogP contribution in [0.2, 0.25) is 0 Å². The summed E-state index contributed by atoms with van der Waals surface area (Å²) in [7, 11) is 0. The monoisotopic (exact) mass is 300 g/mol. The summed E-state index contributed by atoms with van der Waals surface area (Å²) in [6.07, 6.45) is 10.9. The van der Waals surface area contributed by atoms with Gasteiger partial charge in [-0.1, -0.05) is 39.2 Å². The van der Waals surface area contributed by atoms with Gasteiger partial charge in [0.1, 0.15) is 0 Å². The third-order valence-electron chi connectivity index (χ3n) is 3.98. The first kappa shape index (κ1) is 16.2. The molecular formula is C17H24N4O. The summed E-state index contributed by atoms with van der Waals surface area (Å²) in [5, 5.41) is 4.45. The van der Waals surface area contributed by atoms with Gasteiger partial charge in [-0.25, -0.2) is 4.79 Å². The molecule has 0 aromatic carbocycles. The van der Waals surface area contributed by atoms with Gasteiger partial charge in [0.25, 0.3) is 0 Å². The maximum Gasteiger partial charge on any atom is 0.339 e. The van der Waals surface area contributed by atoms with Crippen LogP contribution in [0.15, 0.2) is 30.7 Å². The Hall–Kier alpha value is -2.17. The highest BCUT2D eigenvalue weighted by Gasteiger charge is 2.20. The summed E-state index contributed by atoms with van der Waals surface area (Å²) in [4.78, 5) is 15.6. The topological polar surface area (TPSA) is 73.8 Å². The number of nitrogens with two attached hydrogens (primary N) is 1. The van der Waals surface area contributed by atoms with Crippen LogP contribution in [-0.4, -0.2) is 20.8 Å². The molecule has 0 aliphatic rings. The highest BCUT2D eigenvalue weighted by molar-refractivity contribution is 5.76. The minimum absolute atomic E-state index is 0.336. The predicted molar refractivity (Wildman–Crippen MR) is 87.6 cm³/mol. The molecular weight excluding hydrogens is 276 g/mol. The minimum atomic E-state index is -0.556. The van der Waals surface area contributed by atoms with E-state index in [4.69, 9.17) is 5.73 Å². The molecule has 1 unspecified atom stereocenters. The number of hydrogen-bond donors (Lipinski definition) is 1. The Morgan fingerprint density at radius 3 is 2.77 bits per heavy atom. The number of pyridine rings is 1. The lowest BCUT2D eigenvalue weighted by atomic mass is 9.91. The summed E-state index contributed by atoms with van der Waals surface area (Å²) in [5.74, 6) is 0.336. The van der Waals surface area contributed by atoms with Crippen LogP contribution in [0, 0.1) is 0 Å². The number of hydrogen-bond acceptors (Lipinski definition) is 3. The zero-order valence-electron chi connectivity index (χ0n) is 13.3. The average Bonchev–Trinajstić information content (AvgIpc) is 2.98. The minimum Gasteiger partial charge on any atom is -0.350 e. The second kappa shape index (κ2) is 7.73. The van der Waals surface area contributed by atoms with Crippen molar-refractivity contribution in [3.05, 3.63) is 36.4 Å². The Morgan fingerprint density at radius 1 is 1.36 bits per heavy atom. The van der Waals surface area contributed by atoms with Gasteiger partial charge in [0.05, 0.1) is 5.69 Å². The Bertz CT molecular complexity index is 606. The predicted octanol–water partition coefficient (Wildman–Crippen LogP) is 3.95. The molecule has 0 aliphatic heterocycles. The largest absolute Gasteiger partial charge is 0.350 e. The molecule has 2 aromatic rings. The molecule has 0 saturated carbocycles. The van der Waals surface area contributed by atoms with E-state index < -0.39 is 6.03 Å². The third-order valence-corrected chi connectivity index (χ3v) is 3.98. The summed E-state index contributed by atoms with van der Waals surface area (Å²) < 4.78 is 1.24. The van der Waals surface area contributed by atoms with E-state index in [9.17, 15) is 4.79 Å². The first-order valence-electron chi connectivity index (χ1n) is 7.97. The number of unbranched alkanes of at least 4 members (excludes halogenated alkanes) is 2. The second-order valence-corrected chi connectivity index (χ2v) is 5.55. The summed E-state index contributed by atoms with van der Waals surface area (Å²) >= 11 is 0. The molecule has 1 amide bonds. The van der Waals surface area contributed by atoms with E-state index in [0.29, 0.717) is 5.92 Å². The number of rotatable bonds is 7. The molecule has 22 heavy (non-hydrogen) atoms. The lowest BCUT2D eigenvalue weighted by molar-refractivity contribution is 0.247. The van der Waals surface area contributed by atoms with Gasteiger partial charge in [0, 0.05) is 35.6 Å². The molecule has 0 bridgehead atoms. The lowest BCUT2D eigenvalue weighted by Gasteiger charge is -2.14. The van der Waals surface area contributed by atoms with E-state index in [1.807, 2.05) is 12.1 Å². The number of carbonyl (C=O) groups is 1. The van der Waals surface area contributed by atoms with Crippen molar-refractivity contribution in [2.24, 2.45) is 5.73 Å². The fourth-order valence-electron chi connectivity index (χ4n) is 2.72. The maximum atomic E-state index is 11.5. The number of primary amides is 1. The molecule has 2 N–H and O–H groups in total. The number of carbonyl (C=O) groups excluding carboxylic acids is 1. The smallest absolute Gasteiger partial charge is 0.339 e. The molecule has 0 saturated heterocycles. The van der Waals surface area contributed by atoms with Gasteiger partial charge in [-0.3, -0.25) is 4.98 Å². The van der Waals surface area contributed by atoms with Crippen LogP contribution in [0.1, 0.15) is 57.6 Å². The summed E-state index contributed by atoms with van der Waals surface area (Å²) in [5.41, 5.74) is 8.26. The maximum absolute atomic E-state index is 11.5. The zero-order chi connectivity index (χ0) is 15.9. The van der Waals surface area contributed by atoms with Crippen LogP contribution >= 0.6 is 0 Å². The third kappa shape index (κ3) is 3.72. The molecule has 2 aromatic heterocycles. The molecule has 5 nitrogen and oxygen atoms in total. The molecule has 2 rings (SSSR count). The van der Waals surface area contributed by atoms with Crippen molar-refractivity contribution in [2.75, 3.05) is 0 Å². The summed E-state index contributed by atoms with van der Waals surface area (Å²) in [6.45, 7) is 4.36. The van der Waals surface area contributed by atoms with E-state index in [0.717, 1.165) is 29.7 Å². The van der Waals surface area contributed by atoms with E-state index in [-0.39, 0.29) is 0 Å². The summed E-state index contributed by atoms with van der Waals surface area (Å²) in [6, 6.07) is 3.32. The van der Waals surface area contributed by atoms with Crippen LogP contribution in [-0.2, 0) is 0 Å². The molecule has 0 spiro atoms. The quantitative estimate of drug-likeness (QED) is 0.787. The fraction of sp³-hybridized carbons (Fsp3) is 0.471. The van der Waals surface area contributed by atoms with E-state index in [1.54, 1.807) is 18.6 Å². The standard InChI is InChI=1S/C17H24N4O/c1-3-5-6-8-13(4-2)16-15(12-21(20-16)17(18)22)14-9-7-10-19-11-14/h7,9-13H,3-6,8H2,1-2H3,(H2,18,22). The second-order valence-electron chi connectivity index (χ2n) is 5.55. The average molecular weight is 300 g/mol. The number of aromatic nitrogens is 3. The van der Waals surface area contributed by atoms with Gasteiger partial charge < -0.3 is 5.73 Å². The van der Waals surface area contributed by atoms with Crippen molar-refractivity contribution in [2.45, 2.75) is 51.9 Å². The van der Waals surface area contributed by atoms with Gasteiger partial charge >= 0.3 is 6.03 Å². The molecule has 1 atom stereocenters. The van der Waals surface area contributed by atoms with Crippen LogP contribution in [0.4, 0.5) is 4.79 Å². The number of nitrogens with zero attached hydrogens (tertiary/aromatic N) is 3. The van der Waals surface area contributed by atoms with E-state index in [1.165, 1.54) is 23.9 Å². The van der Waals surface area contributed by atoms with Gasteiger partial charge in [-0.15, -0.1) is 0 Å². The van der Waals surface area contributed by atoms with E-state index >= 15 is 0 Å². The Balaban J connectivity index is 2.37. The fourth-order valence-corrected chi connectivity index (χ4v) is 2.72. The molecule has 5 heteroatoms. The van der Waals surface area contributed by atoms with Crippen molar-refractivity contribution >= 4 is 6.03 Å². The normalized spacial score (nSPS) is 12.3. The molecule has 0 radical (unpaired) electrons. The van der Waals surface area contributed by atoms with Crippen molar-refractivity contribution in [3.8, 4) is 11.1 Å². The van der Waals surface area contributed by atoms with Gasteiger partial charge in [-0.2, -0.15) is 9.78 Å². The van der Waals surface area contributed by atoms with Gasteiger partial charge in [0.2, 0.25) is 0 Å². The van der Waals surface area contributed by atoms with Crippen molar-refractivity contribution < 1.29 is 4.79 Å². The Kier molecular flexibility index (Phi) is 5.69. The molecule has 0 aliphatic carbocycles. The molecule has 2 heterocycles.